The van der Waals surface area contributed by atoms with Gasteiger partial charge in [0.1, 0.15) is 11.6 Å². The molecule has 0 unspecified atom stereocenters. The number of halogens is 1. The number of nitrogens with one attached hydrogen (secondary N) is 1. The maximum absolute atomic E-state index is 13.3. The Balaban J connectivity index is 2.02. The second-order valence-electron chi connectivity index (χ2n) is 5.50. The van der Waals surface area contributed by atoms with Crippen LogP contribution in [-0.4, -0.2) is 26.7 Å². The quantitative estimate of drug-likeness (QED) is 0.817. The van der Waals surface area contributed by atoms with E-state index >= 15 is 0 Å². The van der Waals surface area contributed by atoms with Gasteiger partial charge in [0.25, 0.3) is 0 Å². The number of hydrogen-bond donors (Lipinski definition) is 1. The van der Waals surface area contributed by atoms with E-state index in [-0.39, 0.29) is 22.8 Å². The van der Waals surface area contributed by atoms with E-state index in [1.165, 1.54) is 30.3 Å². The number of hydrogen-bond acceptors (Lipinski definition) is 4. The predicted octanol–water partition coefficient (Wildman–Crippen LogP) is 3.34. The normalized spacial score (nSPS) is 11.2. The summed E-state index contributed by atoms with van der Waals surface area (Å²) in [6, 6.07) is 10.2. The second-order valence-corrected chi connectivity index (χ2v) is 7.61. The molecule has 134 valence electrons. The van der Waals surface area contributed by atoms with Crippen molar-refractivity contribution < 1.29 is 22.3 Å². The van der Waals surface area contributed by atoms with Crippen molar-refractivity contribution in [3.05, 3.63) is 53.8 Å². The van der Waals surface area contributed by atoms with Crippen LogP contribution in [0.25, 0.3) is 0 Å². The summed E-state index contributed by atoms with van der Waals surface area (Å²) >= 11 is 0. The summed E-state index contributed by atoms with van der Waals surface area (Å²) in [6.07, 6.45) is -0.209. The third-order valence-electron chi connectivity index (χ3n) is 3.50. The molecule has 2 rings (SSSR count). The van der Waals surface area contributed by atoms with Gasteiger partial charge in [-0.25, -0.2) is 12.8 Å². The molecule has 0 aromatic heterocycles. The summed E-state index contributed by atoms with van der Waals surface area (Å²) < 4.78 is 43.0. The summed E-state index contributed by atoms with van der Waals surface area (Å²) in [5.41, 5.74) is 1.26. The summed E-state index contributed by atoms with van der Waals surface area (Å²) in [7, 11) is -3.54. The highest BCUT2D eigenvalue weighted by Gasteiger charge is 2.17. The van der Waals surface area contributed by atoms with Gasteiger partial charge in [-0.15, -0.1) is 0 Å². The van der Waals surface area contributed by atoms with E-state index in [0.29, 0.717) is 12.3 Å². The summed E-state index contributed by atoms with van der Waals surface area (Å²) in [5, 5.41) is 2.56. The second kappa shape index (κ2) is 8.11. The van der Waals surface area contributed by atoms with E-state index in [9.17, 15) is 17.6 Å². The standard InChI is InChI=1S/C18H20FNO4S/c1-3-24-17-12-14(19)6-9-16(17)20-18(21)10-11-25(22,23)15-7-4-13(2)5-8-15/h4-9,12H,3,10-11H2,1-2H3,(H,20,21). The molecule has 7 heteroatoms. The Kier molecular flexibility index (Phi) is 6.14. The highest BCUT2D eigenvalue weighted by atomic mass is 32.2. The lowest BCUT2D eigenvalue weighted by Crippen LogP contribution is -2.18. The number of rotatable bonds is 7. The van der Waals surface area contributed by atoms with Gasteiger partial charge in [0.05, 0.1) is 22.9 Å². The molecule has 0 bridgehead atoms. The Morgan fingerprint density at radius 1 is 1.16 bits per heavy atom. The number of benzene rings is 2. The van der Waals surface area contributed by atoms with Gasteiger partial charge in [0.2, 0.25) is 5.91 Å². The molecule has 0 saturated heterocycles. The highest BCUT2D eigenvalue weighted by Crippen LogP contribution is 2.25. The van der Waals surface area contributed by atoms with Crippen molar-refractivity contribution in [3.8, 4) is 5.75 Å². The van der Waals surface area contributed by atoms with Crippen LogP contribution >= 0.6 is 0 Å². The fourth-order valence-electron chi connectivity index (χ4n) is 2.18. The number of carbonyl (C=O) groups is 1. The molecule has 25 heavy (non-hydrogen) atoms. The van der Waals surface area contributed by atoms with Crippen molar-refractivity contribution in [2.24, 2.45) is 0 Å². The molecule has 0 aliphatic carbocycles. The molecule has 2 aromatic rings. The first kappa shape index (κ1) is 18.9. The lowest BCUT2D eigenvalue weighted by molar-refractivity contribution is -0.115. The van der Waals surface area contributed by atoms with Crippen LogP contribution in [0, 0.1) is 12.7 Å². The van der Waals surface area contributed by atoms with E-state index in [1.807, 2.05) is 6.92 Å². The van der Waals surface area contributed by atoms with E-state index in [4.69, 9.17) is 4.74 Å². The Bertz CT molecular complexity index is 848. The number of ether oxygens (including phenoxy) is 1. The maximum atomic E-state index is 13.3. The zero-order valence-electron chi connectivity index (χ0n) is 14.1. The minimum Gasteiger partial charge on any atom is -0.492 e. The predicted molar refractivity (Wildman–Crippen MR) is 94.0 cm³/mol. The third-order valence-corrected chi connectivity index (χ3v) is 5.23. The van der Waals surface area contributed by atoms with Gasteiger partial charge < -0.3 is 10.1 Å². The van der Waals surface area contributed by atoms with Crippen LogP contribution in [0.3, 0.4) is 0 Å². The molecule has 0 aliphatic heterocycles. The van der Waals surface area contributed by atoms with Gasteiger partial charge in [-0.2, -0.15) is 0 Å². The Morgan fingerprint density at radius 2 is 1.84 bits per heavy atom. The lowest BCUT2D eigenvalue weighted by Gasteiger charge is -2.11. The van der Waals surface area contributed by atoms with Crippen LogP contribution in [0.4, 0.5) is 10.1 Å². The van der Waals surface area contributed by atoms with Gasteiger partial charge >= 0.3 is 0 Å². The fraction of sp³-hybridized carbons (Fsp3) is 0.278. The Labute approximate surface area is 146 Å². The Morgan fingerprint density at radius 3 is 2.48 bits per heavy atom. The first-order valence-electron chi connectivity index (χ1n) is 7.83. The smallest absolute Gasteiger partial charge is 0.225 e. The molecule has 0 fully saturated rings. The van der Waals surface area contributed by atoms with Crippen LogP contribution in [0.15, 0.2) is 47.4 Å². The van der Waals surface area contributed by atoms with Crippen molar-refractivity contribution in [2.45, 2.75) is 25.2 Å². The molecule has 0 heterocycles. The van der Waals surface area contributed by atoms with E-state index in [1.54, 1.807) is 19.1 Å². The molecule has 0 radical (unpaired) electrons. The first-order chi connectivity index (χ1) is 11.8. The average molecular weight is 365 g/mol. The van der Waals surface area contributed by atoms with Gasteiger partial charge in [-0.3, -0.25) is 4.79 Å². The van der Waals surface area contributed by atoms with Gasteiger partial charge in [-0.05, 0) is 38.1 Å². The minimum absolute atomic E-state index is 0.183. The number of amides is 1. The number of anilines is 1. The van der Waals surface area contributed by atoms with E-state index < -0.39 is 21.6 Å². The largest absolute Gasteiger partial charge is 0.492 e. The molecule has 5 nitrogen and oxygen atoms in total. The molecule has 1 N–H and O–H groups in total. The minimum atomic E-state index is -3.54. The van der Waals surface area contributed by atoms with Crippen LogP contribution in [0.5, 0.6) is 5.75 Å². The summed E-state index contributed by atoms with van der Waals surface area (Å²) in [4.78, 5) is 12.2. The highest BCUT2D eigenvalue weighted by molar-refractivity contribution is 7.91. The van der Waals surface area contributed by atoms with Gasteiger partial charge in [-0.1, -0.05) is 17.7 Å². The van der Waals surface area contributed by atoms with Crippen molar-refractivity contribution in [1.29, 1.82) is 0 Å². The van der Waals surface area contributed by atoms with E-state index in [0.717, 1.165) is 5.56 Å². The SMILES string of the molecule is CCOc1cc(F)ccc1NC(=O)CCS(=O)(=O)c1ccc(C)cc1. The van der Waals surface area contributed by atoms with Crippen LogP contribution in [0.1, 0.15) is 18.9 Å². The van der Waals surface area contributed by atoms with Crippen LogP contribution in [0.2, 0.25) is 0 Å². The third kappa shape index (κ3) is 5.29. The topological polar surface area (TPSA) is 72.5 Å². The van der Waals surface area contributed by atoms with Crippen LogP contribution < -0.4 is 10.1 Å². The van der Waals surface area contributed by atoms with Crippen molar-refractivity contribution >= 4 is 21.4 Å². The number of sulfone groups is 1. The molecule has 1 amide bonds. The lowest BCUT2D eigenvalue weighted by atomic mass is 10.2. The molecule has 0 aliphatic rings. The average Bonchev–Trinajstić information content (AvgIpc) is 2.56. The monoisotopic (exact) mass is 365 g/mol. The maximum Gasteiger partial charge on any atom is 0.225 e. The van der Waals surface area contributed by atoms with Gasteiger partial charge in [0, 0.05) is 12.5 Å². The van der Waals surface area contributed by atoms with Gasteiger partial charge in [0.15, 0.2) is 9.84 Å². The molecular formula is C18H20FNO4S. The van der Waals surface area contributed by atoms with E-state index in [2.05, 4.69) is 5.32 Å². The first-order valence-corrected chi connectivity index (χ1v) is 9.48. The molecule has 2 aromatic carbocycles. The fourth-order valence-corrected chi connectivity index (χ4v) is 3.42. The summed E-state index contributed by atoms with van der Waals surface area (Å²) in [6.45, 7) is 3.92. The van der Waals surface area contributed by atoms with Crippen molar-refractivity contribution in [2.75, 3.05) is 17.7 Å². The van der Waals surface area contributed by atoms with Crippen molar-refractivity contribution in [3.63, 3.8) is 0 Å². The zero-order chi connectivity index (χ0) is 18.4. The molecule has 0 saturated carbocycles. The molecule has 0 spiro atoms. The number of carbonyl (C=O) groups excluding carboxylic acids is 1. The Hall–Kier alpha value is -2.41. The molecule has 0 atom stereocenters. The zero-order valence-corrected chi connectivity index (χ0v) is 14.9. The number of aryl methyl sites for hydroxylation is 1. The molecular weight excluding hydrogens is 345 g/mol. The summed E-state index contributed by atoms with van der Waals surface area (Å²) in [5.74, 6) is -1.07. The van der Waals surface area contributed by atoms with Crippen LogP contribution in [-0.2, 0) is 14.6 Å². The van der Waals surface area contributed by atoms with Crippen molar-refractivity contribution in [1.82, 2.24) is 0 Å².